The van der Waals surface area contributed by atoms with Gasteiger partial charge in [-0.25, -0.2) is 19.9 Å². The first-order valence-corrected chi connectivity index (χ1v) is 17.2. The summed E-state index contributed by atoms with van der Waals surface area (Å²) in [7, 11) is 0. The predicted molar refractivity (Wildman–Crippen MR) is 204 cm³/mol. The maximum Gasteiger partial charge on any atom is 0.227 e. The van der Waals surface area contributed by atoms with E-state index in [0.717, 1.165) is 38.4 Å². The highest BCUT2D eigenvalue weighted by Gasteiger charge is 2.18. The Kier molecular flexibility index (Phi) is 5.73. The summed E-state index contributed by atoms with van der Waals surface area (Å²) in [4.78, 5) is 24.0. The van der Waals surface area contributed by atoms with Gasteiger partial charge in [0, 0.05) is 66.2 Å². The molecule has 0 aliphatic rings. The molecule has 0 unspecified atom stereocenters. The topological polar surface area (TPSA) is 77.6 Å². The number of rotatable bonds is 3. The molecule has 6 nitrogen and oxygen atoms in total. The Labute approximate surface area is 288 Å². The Balaban J connectivity index is 1.13. The lowest BCUT2D eigenvalue weighted by Crippen LogP contribution is -2.00. The van der Waals surface area contributed by atoms with Crippen molar-refractivity contribution in [2.45, 2.75) is 0 Å². The van der Waals surface area contributed by atoms with Crippen molar-refractivity contribution in [3.05, 3.63) is 140 Å². The van der Waals surface area contributed by atoms with Crippen molar-refractivity contribution < 1.29 is 4.42 Å². The Morgan fingerprint density at radius 2 is 1.00 bits per heavy atom. The van der Waals surface area contributed by atoms with Crippen LogP contribution in [-0.2, 0) is 0 Å². The van der Waals surface area contributed by atoms with Crippen molar-refractivity contribution in [2.24, 2.45) is 0 Å². The van der Waals surface area contributed by atoms with Crippen LogP contribution >= 0.6 is 11.3 Å². The minimum Gasteiger partial charge on any atom is -0.438 e. The lowest BCUT2D eigenvalue weighted by Gasteiger charge is -2.10. The van der Waals surface area contributed by atoms with Crippen LogP contribution in [0.1, 0.15) is 0 Å². The first kappa shape index (κ1) is 27.4. The van der Waals surface area contributed by atoms with E-state index in [4.69, 9.17) is 24.4 Å². The fourth-order valence-electron chi connectivity index (χ4n) is 7.31. The number of thiophene rings is 1. The molecule has 0 atom stereocenters. The molecule has 7 heteroatoms. The standard InChI is InChI=1S/C43H23N5OS/c1-3-9-29-27(7-1)28-8-2-4-10-30(28)33-22-37-34(21-32(29)33)36-20-26(23-45-43(36)49-37)42-47-40(24-15-17-44-18-16-24)46-41(48-42)25-13-14-39-35(19-25)31-11-5-6-12-38(31)50-39/h1-23H. The minimum absolute atomic E-state index is 0.540. The van der Waals surface area contributed by atoms with Crippen LogP contribution in [0.3, 0.4) is 0 Å². The molecule has 6 aromatic carbocycles. The van der Waals surface area contributed by atoms with Crippen LogP contribution in [0.15, 0.2) is 144 Å². The zero-order chi connectivity index (χ0) is 32.8. The number of nitrogens with zero attached hydrogens (tertiary/aromatic N) is 5. The second-order valence-corrected chi connectivity index (χ2v) is 13.6. The fourth-order valence-corrected chi connectivity index (χ4v) is 8.39. The molecule has 0 aliphatic carbocycles. The lowest BCUT2D eigenvalue weighted by atomic mass is 9.93. The van der Waals surface area contributed by atoms with Crippen LogP contribution in [0.2, 0.25) is 0 Å². The summed E-state index contributed by atoms with van der Waals surface area (Å²) in [6.07, 6.45) is 5.30. The zero-order valence-corrected chi connectivity index (χ0v) is 27.1. The van der Waals surface area contributed by atoms with Gasteiger partial charge in [-0.3, -0.25) is 4.98 Å². The molecular formula is C43H23N5OS. The van der Waals surface area contributed by atoms with Gasteiger partial charge in [0.1, 0.15) is 5.58 Å². The number of aromatic nitrogens is 5. The summed E-state index contributed by atoms with van der Waals surface area (Å²) >= 11 is 1.79. The van der Waals surface area contributed by atoms with Gasteiger partial charge >= 0.3 is 0 Å². The molecule has 0 aliphatic heterocycles. The first-order valence-electron chi connectivity index (χ1n) is 16.4. The van der Waals surface area contributed by atoms with E-state index in [1.807, 2.05) is 12.1 Å². The van der Waals surface area contributed by atoms with Crippen molar-refractivity contribution >= 4 is 85.9 Å². The normalized spacial score (nSPS) is 12.0. The summed E-state index contributed by atoms with van der Waals surface area (Å²) in [5, 5.41) is 11.5. The number of furan rings is 1. The Morgan fingerprint density at radius 1 is 0.420 bits per heavy atom. The molecule has 0 saturated carbocycles. The average Bonchev–Trinajstić information content (AvgIpc) is 3.74. The molecule has 0 bridgehead atoms. The molecule has 0 radical (unpaired) electrons. The molecule has 0 N–H and O–H groups in total. The van der Waals surface area contributed by atoms with Crippen molar-refractivity contribution in [2.75, 3.05) is 0 Å². The fraction of sp³-hybridized carbons (Fsp3) is 0. The van der Waals surface area contributed by atoms with E-state index in [0.29, 0.717) is 23.2 Å². The van der Waals surface area contributed by atoms with Crippen molar-refractivity contribution in [3.63, 3.8) is 0 Å². The van der Waals surface area contributed by atoms with Crippen LogP contribution in [0.5, 0.6) is 0 Å². The number of fused-ring (bicyclic) bond motifs is 12. The Morgan fingerprint density at radius 3 is 1.74 bits per heavy atom. The van der Waals surface area contributed by atoms with Crippen LogP contribution in [0.25, 0.3) is 109 Å². The molecule has 0 amide bonds. The highest BCUT2D eigenvalue weighted by atomic mass is 32.1. The third kappa shape index (κ3) is 4.11. The number of hydrogen-bond donors (Lipinski definition) is 0. The molecule has 5 heterocycles. The van der Waals surface area contributed by atoms with Crippen LogP contribution < -0.4 is 0 Å². The van der Waals surface area contributed by atoms with Gasteiger partial charge in [0.25, 0.3) is 0 Å². The Bertz CT molecular complexity index is 3170. The van der Waals surface area contributed by atoms with Gasteiger partial charge in [-0.1, -0.05) is 66.7 Å². The smallest absolute Gasteiger partial charge is 0.227 e. The van der Waals surface area contributed by atoms with Crippen molar-refractivity contribution in [1.29, 1.82) is 0 Å². The maximum absolute atomic E-state index is 6.40. The molecule has 0 spiro atoms. The zero-order valence-electron chi connectivity index (χ0n) is 26.3. The van der Waals surface area contributed by atoms with Crippen LogP contribution in [0, 0.1) is 0 Å². The molecule has 0 saturated heterocycles. The molecule has 11 rings (SSSR count). The van der Waals surface area contributed by atoms with Crippen molar-refractivity contribution in [3.8, 4) is 34.2 Å². The van der Waals surface area contributed by atoms with E-state index >= 15 is 0 Å². The first-order chi connectivity index (χ1) is 24.7. The van der Waals surface area contributed by atoms with Gasteiger partial charge in [0.05, 0.1) is 0 Å². The predicted octanol–water partition coefficient (Wildman–Crippen LogP) is 11.4. The number of hydrogen-bond acceptors (Lipinski definition) is 7. The van der Waals surface area contributed by atoms with Gasteiger partial charge in [-0.05, 0) is 86.9 Å². The summed E-state index contributed by atoms with van der Waals surface area (Å²) in [6, 6.07) is 42.5. The summed E-state index contributed by atoms with van der Waals surface area (Å²) in [5.74, 6) is 1.71. The van der Waals surface area contributed by atoms with Crippen LogP contribution in [-0.4, -0.2) is 24.9 Å². The molecular weight excluding hydrogens is 635 g/mol. The second kappa shape index (κ2) is 10.5. The van der Waals surface area contributed by atoms with E-state index in [-0.39, 0.29) is 0 Å². The second-order valence-electron chi connectivity index (χ2n) is 12.5. The van der Waals surface area contributed by atoms with E-state index < -0.39 is 0 Å². The highest BCUT2D eigenvalue weighted by Crippen LogP contribution is 2.41. The maximum atomic E-state index is 6.40. The molecule has 232 valence electrons. The third-order valence-electron chi connectivity index (χ3n) is 9.66. The molecule has 0 fully saturated rings. The Hall–Kier alpha value is -6.57. The number of benzene rings is 6. The van der Waals surface area contributed by atoms with E-state index in [1.165, 1.54) is 47.1 Å². The third-order valence-corrected chi connectivity index (χ3v) is 10.8. The lowest BCUT2D eigenvalue weighted by molar-refractivity contribution is 0.654. The van der Waals surface area contributed by atoms with Gasteiger partial charge in [-0.2, -0.15) is 0 Å². The molecule has 50 heavy (non-hydrogen) atoms. The van der Waals surface area contributed by atoms with E-state index in [1.54, 1.807) is 29.9 Å². The van der Waals surface area contributed by atoms with Gasteiger partial charge < -0.3 is 4.42 Å². The summed E-state index contributed by atoms with van der Waals surface area (Å²) in [6.45, 7) is 0. The minimum atomic E-state index is 0.540. The molecule has 5 aromatic heterocycles. The van der Waals surface area contributed by atoms with Gasteiger partial charge in [0.2, 0.25) is 5.71 Å². The van der Waals surface area contributed by atoms with Gasteiger partial charge in [0.15, 0.2) is 17.5 Å². The molecule has 11 aromatic rings. The van der Waals surface area contributed by atoms with E-state index in [9.17, 15) is 0 Å². The number of pyridine rings is 2. The van der Waals surface area contributed by atoms with Crippen LogP contribution in [0.4, 0.5) is 0 Å². The van der Waals surface area contributed by atoms with Gasteiger partial charge in [-0.15, -0.1) is 11.3 Å². The SMILES string of the molecule is c1ccc2c(c1)sc1ccc(-c3nc(-c4ccncc4)nc(-c4cnc5oc6cc7c8ccccc8c8ccccc8c7cc6c5c4)n3)cc12. The largest absolute Gasteiger partial charge is 0.438 e. The quantitative estimate of drug-likeness (QED) is 0.176. The van der Waals surface area contributed by atoms with E-state index in [2.05, 4.69) is 114 Å². The monoisotopic (exact) mass is 657 g/mol. The average molecular weight is 658 g/mol. The highest BCUT2D eigenvalue weighted by molar-refractivity contribution is 7.25. The summed E-state index contributed by atoms with van der Waals surface area (Å²) < 4.78 is 8.89. The summed E-state index contributed by atoms with van der Waals surface area (Å²) in [5.41, 5.74) is 3.94. The van der Waals surface area contributed by atoms with Crippen molar-refractivity contribution in [1.82, 2.24) is 24.9 Å².